The second-order valence-corrected chi connectivity index (χ2v) is 3.24. The highest BCUT2D eigenvalue weighted by Crippen LogP contribution is 2.10. The maximum atomic E-state index is 11.3. The van der Waals surface area contributed by atoms with Crippen molar-refractivity contribution in [2.45, 2.75) is 25.7 Å². The van der Waals surface area contributed by atoms with Crippen LogP contribution in [0.15, 0.2) is 0 Å². The van der Waals surface area contributed by atoms with Gasteiger partial charge in [0, 0.05) is 13.1 Å². The van der Waals surface area contributed by atoms with Gasteiger partial charge < -0.3 is 14.7 Å². The summed E-state index contributed by atoms with van der Waals surface area (Å²) in [6, 6.07) is 0. The van der Waals surface area contributed by atoms with Gasteiger partial charge in [-0.1, -0.05) is 12.8 Å². The molecule has 13 heavy (non-hydrogen) atoms. The smallest absolute Gasteiger partial charge is 0.409 e. The van der Waals surface area contributed by atoms with Crippen LogP contribution in [-0.4, -0.2) is 42.4 Å². The molecule has 0 atom stereocenters. The van der Waals surface area contributed by atoms with Crippen molar-refractivity contribution in [2.75, 3.05) is 26.3 Å². The van der Waals surface area contributed by atoms with E-state index in [0.717, 1.165) is 25.9 Å². The van der Waals surface area contributed by atoms with Crippen molar-refractivity contribution in [2.24, 2.45) is 0 Å². The maximum absolute atomic E-state index is 11.3. The Kier molecular flexibility index (Phi) is 4.60. The van der Waals surface area contributed by atoms with Crippen LogP contribution in [-0.2, 0) is 4.74 Å². The number of ether oxygens (including phenoxy) is 1. The first kappa shape index (κ1) is 10.3. The summed E-state index contributed by atoms with van der Waals surface area (Å²) >= 11 is 0. The van der Waals surface area contributed by atoms with Crippen LogP contribution in [0.5, 0.6) is 0 Å². The number of nitrogens with zero attached hydrogens (tertiary/aromatic N) is 1. The third-order valence-electron chi connectivity index (χ3n) is 2.18. The topological polar surface area (TPSA) is 49.8 Å². The Morgan fingerprint density at radius 2 is 1.85 bits per heavy atom. The van der Waals surface area contributed by atoms with E-state index in [9.17, 15) is 4.79 Å². The number of hydrogen-bond donors (Lipinski definition) is 1. The zero-order chi connectivity index (χ0) is 9.52. The molecule has 1 fully saturated rings. The van der Waals surface area contributed by atoms with Crippen molar-refractivity contribution in [3.63, 3.8) is 0 Å². The Hall–Kier alpha value is -0.770. The molecule has 0 aromatic heterocycles. The third kappa shape index (κ3) is 3.63. The molecule has 0 spiro atoms. The van der Waals surface area contributed by atoms with Gasteiger partial charge in [-0.05, 0) is 12.8 Å². The minimum absolute atomic E-state index is 0.0976. The fourth-order valence-electron chi connectivity index (χ4n) is 1.48. The molecule has 4 nitrogen and oxygen atoms in total. The first-order chi connectivity index (χ1) is 6.34. The Bertz CT molecular complexity index is 153. The molecule has 0 aliphatic carbocycles. The van der Waals surface area contributed by atoms with Crippen molar-refractivity contribution in [3.05, 3.63) is 0 Å². The second kappa shape index (κ2) is 5.80. The molecule has 1 rings (SSSR count). The van der Waals surface area contributed by atoms with Gasteiger partial charge in [0.15, 0.2) is 0 Å². The minimum Gasteiger partial charge on any atom is -0.447 e. The summed E-state index contributed by atoms with van der Waals surface area (Å²) < 4.78 is 4.82. The molecular weight excluding hydrogens is 170 g/mol. The molecular formula is C9H17NO3. The largest absolute Gasteiger partial charge is 0.447 e. The Morgan fingerprint density at radius 1 is 1.23 bits per heavy atom. The summed E-state index contributed by atoms with van der Waals surface area (Å²) in [7, 11) is 0. The highest BCUT2D eigenvalue weighted by atomic mass is 16.6. The minimum atomic E-state index is -0.282. The van der Waals surface area contributed by atoms with Gasteiger partial charge in [-0.15, -0.1) is 0 Å². The lowest BCUT2D eigenvalue weighted by molar-refractivity contribution is 0.0852. The molecule has 1 heterocycles. The van der Waals surface area contributed by atoms with Crippen LogP contribution >= 0.6 is 0 Å². The average Bonchev–Trinajstić information content (AvgIpc) is 2.42. The van der Waals surface area contributed by atoms with E-state index in [0.29, 0.717) is 0 Å². The summed E-state index contributed by atoms with van der Waals surface area (Å²) in [6.45, 7) is 1.60. The molecule has 1 saturated heterocycles. The Labute approximate surface area is 78.5 Å². The lowest BCUT2D eigenvalue weighted by atomic mass is 10.2. The number of aliphatic hydroxyl groups excluding tert-OH is 1. The first-order valence-corrected chi connectivity index (χ1v) is 4.87. The number of carbonyl (C=O) groups is 1. The van der Waals surface area contributed by atoms with Gasteiger partial charge in [0.2, 0.25) is 0 Å². The zero-order valence-corrected chi connectivity index (χ0v) is 7.87. The van der Waals surface area contributed by atoms with Gasteiger partial charge in [-0.2, -0.15) is 0 Å². The lowest BCUT2D eigenvalue weighted by Crippen LogP contribution is -2.32. The van der Waals surface area contributed by atoms with E-state index >= 15 is 0 Å². The molecule has 1 N–H and O–H groups in total. The van der Waals surface area contributed by atoms with E-state index in [1.54, 1.807) is 4.90 Å². The Balaban J connectivity index is 2.26. The number of likely N-dealkylation sites (tertiary alicyclic amines) is 1. The van der Waals surface area contributed by atoms with Crippen LogP contribution in [0.3, 0.4) is 0 Å². The van der Waals surface area contributed by atoms with E-state index in [-0.39, 0.29) is 19.3 Å². The Morgan fingerprint density at radius 3 is 2.38 bits per heavy atom. The highest BCUT2D eigenvalue weighted by Gasteiger charge is 2.15. The predicted molar refractivity (Wildman–Crippen MR) is 48.5 cm³/mol. The van der Waals surface area contributed by atoms with Crippen molar-refractivity contribution in [3.8, 4) is 0 Å². The molecule has 0 radical (unpaired) electrons. The van der Waals surface area contributed by atoms with Gasteiger partial charge in [0.25, 0.3) is 0 Å². The van der Waals surface area contributed by atoms with E-state index in [4.69, 9.17) is 9.84 Å². The average molecular weight is 187 g/mol. The highest BCUT2D eigenvalue weighted by molar-refractivity contribution is 5.67. The molecule has 0 unspecified atom stereocenters. The summed E-state index contributed by atoms with van der Waals surface area (Å²) in [6.07, 6.45) is 4.24. The number of rotatable bonds is 2. The molecule has 4 heteroatoms. The van der Waals surface area contributed by atoms with Crippen LogP contribution in [0.4, 0.5) is 4.79 Å². The fraction of sp³-hybridized carbons (Fsp3) is 0.889. The molecule has 0 aromatic rings. The van der Waals surface area contributed by atoms with Crippen LogP contribution in [0.1, 0.15) is 25.7 Å². The molecule has 0 saturated carbocycles. The molecule has 1 aliphatic heterocycles. The van der Waals surface area contributed by atoms with E-state index in [1.807, 2.05) is 0 Å². The fourth-order valence-corrected chi connectivity index (χ4v) is 1.48. The van der Waals surface area contributed by atoms with Gasteiger partial charge in [-0.25, -0.2) is 4.79 Å². The van der Waals surface area contributed by atoms with E-state index < -0.39 is 0 Å². The second-order valence-electron chi connectivity index (χ2n) is 3.24. The maximum Gasteiger partial charge on any atom is 0.409 e. The van der Waals surface area contributed by atoms with Crippen LogP contribution in [0, 0.1) is 0 Å². The lowest BCUT2D eigenvalue weighted by Gasteiger charge is -2.19. The number of hydrogen-bond acceptors (Lipinski definition) is 3. The SMILES string of the molecule is O=C(OCCO)N1CCCCCC1. The van der Waals surface area contributed by atoms with E-state index in [1.165, 1.54) is 12.8 Å². The summed E-state index contributed by atoms with van der Waals surface area (Å²) in [5.41, 5.74) is 0. The monoisotopic (exact) mass is 187 g/mol. The quantitative estimate of drug-likeness (QED) is 0.701. The molecule has 76 valence electrons. The van der Waals surface area contributed by atoms with Crippen LogP contribution < -0.4 is 0 Å². The summed E-state index contributed by atoms with van der Waals surface area (Å²) in [5, 5.41) is 8.47. The summed E-state index contributed by atoms with van der Waals surface area (Å²) in [5.74, 6) is 0. The van der Waals surface area contributed by atoms with Gasteiger partial charge in [0.05, 0.1) is 6.61 Å². The standard InChI is InChI=1S/C9H17NO3/c11-7-8-13-9(12)10-5-3-1-2-4-6-10/h11H,1-8H2. The molecule has 0 bridgehead atoms. The van der Waals surface area contributed by atoms with Crippen LogP contribution in [0.2, 0.25) is 0 Å². The summed E-state index contributed by atoms with van der Waals surface area (Å²) in [4.78, 5) is 13.0. The number of carbonyl (C=O) groups excluding carboxylic acids is 1. The van der Waals surface area contributed by atoms with Crippen molar-refractivity contribution in [1.82, 2.24) is 4.90 Å². The normalized spacial score (nSPS) is 18.1. The van der Waals surface area contributed by atoms with E-state index in [2.05, 4.69) is 0 Å². The molecule has 1 amide bonds. The van der Waals surface area contributed by atoms with Crippen molar-refractivity contribution >= 4 is 6.09 Å². The molecule has 0 aromatic carbocycles. The molecule has 1 aliphatic rings. The number of aliphatic hydroxyl groups is 1. The zero-order valence-electron chi connectivity index (χ0n) is 7.87. The van der Waals surface area contributed by atoms with Crippen molar-refractivity contribution in [1.29, 1.82) is 0 Å². The van der Waals surface area contributed by atoms with Gasteiger partial charge >= 0.3 is 6.09 Å². The van der Waals surface area contributed by atoms with Gasteiger partial charge in [-0.3, -0.25) is 0 Å². The van der Waals surface area contributed by atoms with Crippen LogP contribution in [0.25, 0.3) is 0 Å². The third-order valence-corrected chi connectivity index (χ3v) is 2.18. The first-order valence-electron chi connectivity index (χ1n) is 4.87. The predicted octanol–water partition coefficient (Wildman–Crippen LogP) is 0.991. The number of amides is 1. The van der Waals surface area contributed by atoms with Gasteiger partial charge in [0.1, 0.15) is 6.61 Å². The van der Waals surface area contributed by atoms with Crippen molar-refractivity contribution < 1.29 is 14.6 Å².